The lowest BCUT2D eigenvalue weighted by Gasteiger charge is -2.19. The largest absolute Gasteiger partial charge is 0.493 e. The van der Waals surface area contributed by atoms with Crippen LogP contribution in [0.5, 0.6) is 5.75 Å². The molecule has 0 heterocycles. The molecule has 6 heteroatoms. The molecule has 0 aliphatic heterocycles. The maximum atomic E-state index is 11.8. The Hall–Kier alpha value is -3.33. The van der Waals surface area contributed by atoms with E-state index in [1.807, 2.05) is 30.3 Å². The monoisotopic (exact) mass is 380 g/mol. The maximum absolute atomic E-state index is 11.8. The molecule has 0 aliphatic rings. The summed E-state index contributed by atoms with van der Waals surface area (Å²) in [7, 11) is 0. The highest BCUT2D eigenvalue weighted by molar-refractivity contribution is 5.92. The molecule has 0 unspecified atom stereocenters. The highest BCUT2D eigenvalue weighted by atomic mass is 16.5. The smallest absolute Gasteiger partial charge is 0.309 e. The van der Waals surface area contributed by atoms with Crippen LogP contribution >= 0.6 is 0 Å². The third kappa shape index (κ3) is 6.76. The Kier molecular flexibility index (Phi) is 7.16. The first kappa shape index (κ1) is 21.0. The van der Waals surface area contributed by atoms with E-state index in [1.54, 1.807) is 24.3 Å². The topological polar surface area (TPSA) is 88.4 Å². The van der Waals surface area contributed by atoms with Crippen LogP contribution in [-0.4, -0.2) is 25.1 Å². The number of nitrogens with zero attached hydrogens (tertiary/aromatic N) is 1. The van der Waals surface area contributed by atoms with Gasteiger partial charge in [-0.1, -0.05) is 39.0 Å². The van der Waals surface area contributed by atoms with Gasteiger partial charge in [0, 0.05) is 5.69 Å². The molecule has 2 aromatic rings. The predicted molar refractivity (Wildman–Crippen MR) is 106 cm³/mol. The molecule has 28 heavy (non-hydrogen) atoms. The molecule has 0 atom stereocenters. The first-order chi connectivity index (χ1) is 13.3. The number of carbonyl (C=O) groups is 2. The summed E-state index contributed by atoms with van der Waals surface area (Å²) < 4.78 is 10.5. The first-order valence-corrected chi connectivity index (χ1v) is 8.97. The van der Waals surface area contributed by atoms with E-state index in [2.05, 4.69) is 26.1 Å². The first-order valence-electron chi connectivity index (χ1n) is 8.97. The van der Waals surface area contributed by atoms with Crippen molar-refractivity contribution in [2.45, 2.75) is 32.6 Å². The molecule has 0 fully saturated rings. The maximum Gasteiger partial charge on any atom is 0.309 e. The lowest BCUT2D eigenvalue weighted by atomic mass is 9.87. The second kappa shape index (κ2) is 9.56. The van der Waals surface area contributed by atoms with Gasteiger partial charge in [0.05, 0.1) is 24.7 Å². The molecule has 146 valence electrons. The average molecular weight is 380 g/mol. The number of amides is 1. The molecular formula is C22H24N2O4. The molecule has 2 aromatic carbocycles. The van der Waals surface area contributed by atoms with Crippen LogP contribution in [0.1, 0.15) is 38.3 Å². The van der Waals surface area contributed by atoms with Crippen molar-refractivity contribution in [3.8, 4) is 11.8 Å². The molecule has 1 N–H and O–H groups in total. The van der Waals surface area contributed by atoms with Gasteiger partial charge < -0.3 is 14.8 Å². The molecule has 0 aliphatic carbocycles. The van der Waals surface area contributed by atoms with Gasteiger partial charge in [-0.05, 0) is 41.3 Å². The normalized spacial score (nSPS) is 10.6. The van der Waals surface area contributed by atoms with Gasteiger partial charge in [0.15, 0.2) is 6.61 Å². The number of benzene rings is 2. The minimum Gasteiger partial charge on any atom is -0.493 e. The summed E-state index contributed by atoms with van der Waals surface area (Å²) in [6.07, 6.45) is 0.0399. The Balaban J connectivity index is 1.69. The van der Waals surface area contributed by atoms with Gasteiger partial charge in [0.25, 0.3) is 5.91 Å². The fourth-order valence-electron chi connectivity index (χ4n) is 2.39. The van der Waals surface area contributed by atoms with E-state index in [-0.39, 0.29) is 18.4 Å². The quantitative estimate of drug-likeness (QED) is 0.738. The van der Waals surface area contributed by atoms with Gasteiger partial charge in [0.1, 0.15) is 5.75 Å². The molecule has 0 saturated carbocycles. The zero-order chi connectivity index (χ0) is 20.6. The van der Waals surface area contributed by atoms with E-state index >= 15 is 0 Å². The summed E-state index contributed by atoms with van der Waals surface area (Å²) in [5.74, 6) is -0.315. The van der Waals surface area contributed by atoms with Crippen molar-refractivity contribution in [2.75, 3.05) is 18.5 Å². The van der Waals surface area contributed by atoms with Crippen LogP contribution in [0.15, 0.2) is 48.5 Å². The Bertz CT molecular complexity index is 861. The van der Waals surface area contributed by atoms with Crippen LogP contribution in [0, 0.1) is 11.3 Å². The van der Waals surface area contributed by atoms with Gasteiger partial charge in [-0.2, -0.15) is 5.26 Å². The van der Waals surface area contributed by atoms with Crippen molar-refractivity contribution in [3.63, 3.8) is 0 Å². The molecule has 6 nitrogen and oxygen atoms in total. The van der Waals surface area contributed by atoms with Crippen LogP contribution in [0.4, 0.5) is 5.69 Å². The summed E-state index contributed by atoms with van der Waals surface area (Å²) in [5, 5.41) is 11.4. The fraction of sp³-hybridized carbons (Fsp3) is 0.318. The van der Waals surface area contributed by atoms with Crippen molar-refractivity contribution in [2.24, 2.45) is 0 Å². The van der Waals surface area contributed by atoms with E-state index in [4.69, 9.17) is 14.7 Å². The molecule has 0 saturated heterocycles. The highest BCUT2D eigenvalue weighted by Crippen LogP contribution is 2.24. The minimum atomic E-state index is -0.521. The number of rotatable bonds is 7. The number of hydrogen-bond acceptors (Lipinski definition) is 5. The van der Waals surface area contributed by atoms with Gasteiger partial charge >= 0.3 is 5.97 Å². The summed E-state index contributed by atoms with van der Waals surface area (Å²) in [5.41, 5.74) is 2.17. The van der Waals surface area contributed by atoms with Crippen molar-refractivity contribution in [3.05, 3.63) is 59.7 Å². The van der Waals surface area contributed by atoms with Gasteiger partial charge in [-0.3, -0.25) is 9.59 Å². The lowest BCUT2D eigenvalue weighted by Crippen LogP contribution is -2.21. The van der Waals surface area contributed by atoms with Crippen LogP contribution in [0.25, 0.3) is 0 Å². The number of nitrogens with one attached hydrogen (secondary N) is 1. The fourth-order valence-corrected chi connectivity index (χ4v) is 2.39. The second-order valence-electron chi connectivity index (χ2n) is 7.27. The number of nitriles is 1. The second-order valence-corrected chi connectivity index (χ2v) is 7.27. The van der Waals surface area contributed by atoms with Crippen LogP contribution in [0.3, 0.4) is 0 Å². The highest BCUT2D eigenvalue weighted by Gasteiger charge is 2.13. The van der Waals surface area contributed by atoms with Crippen LogP contribution < -0.4 is 10.1 Å². The Morgan fingerprint density at radius 3 is 2.46 bits per heavy atom. The van der Waals surface area contributed by atoms with E-state index in [9.17, 15) is 9.59 Å². The van der Waals surface area contributed by atoms with Crippen LogP contribution in [-0.2, 0) is 19.7 Å². The Morgan fingerprint density at radius 2 is 1.82 bits per heavy atom. The Morgan fingerprint density at radius 1 is 1.11 bits per heavy atom. The van der Waals surface area contributed by atoms with E-state index in [1.165, 1.54) is 5.56 Å². The molecule has 0 bridgehead atoms. The summed E-state index contributed by atoms with van der Waals surface area (Å²) in [4.78, 5) is 23.6. The van der Waals surface area contributed by atoms with E-state index < -0.39 is 18.5 Å². The zero-order valence-electron chi connectivity index (χ0n) is 16.3. The third-order valence-corrected chi connectivity index (χ3v) is 3.93. The van der Waals surface area contributed by atoms with Gasteiger partial charge in [0.2, 0.25) is 0 Å². The molecule has 0 spiro atoms. The Labute approximate surface area is 165 Å². The lowest BCUT2D eigenvalue weighted by molar-refractivity contribution is -0.147. The summed E-state index contributed by atoms with van der Waals surface area (Å²) >= 11 is 0. The van der Waals surface area contributed by atoms with Crippen molar-refractivity contribution in [1.82, 2.24) is 0 Å². The molecule has 0 aromatic heterocycles. The predicted octanol–water partition coefficient (Wildman–Crippen LogP) is 3.81. The van der Waals surface area contributed by atoms with Crippen molar-refractivity contribution in [1.29, 1.82) is 5.26 Å². The van der Waals surface area contributed by atoms with Gasteiger partial charge in [-0.25, -0.2) is 0 Å². The molecule has 2 rings (SSSR count). The summed E-state index contributed by atoms with van der Waals surface area (Å²) in [6, 6.07) is 16.2. The molecular weight excluding hydrogens is 356 g/mol. The van der Waals surface area contributed by atoms with Crippen molar-refractivity contribution < 1.29 is 19.1 Å². The number of carbonyl (C=O) groups excluding carboxylic acids is 2. The molecule has 1 amide bonds. The standard InChI is InChI=1S/C22H24N2O4/c1-22(2,3)17-7-9-19(10-8-17)27-12-11-21(26)28-15-20(25)24-18-6-4-5-16(13-18)14-23/h4-10,13H,11-12,15H2,1-3H3,(H,24,25). The van der Waals surface area contributed by atoms with E-state index in [0.717, 1.165) is 0 Å². The average Bonchev–Trinajstić information content (AvgIpc) is 2.66. The molecule has 0 radical (unpaired) electrons. The third-order valence-electron chi connectivity index (χ3n) is 3.93. The number of hydrogen-bond donors (Lipinski definition) is 1. The van der Waals surface area contributed by atoms with Crippen molar-refractivity contribution >= 4 is 17.6 Å². The van der Waals surface area contributed by atoms with E-state index in [0.29, 0.717) is 17.0 Å². The number of esters is 1. The SMILES string of the molecule is CC(C)(C)c1ccc(OCCC(=O)OCC(=O)Nc2cccc(C#N)c2)cc1. The number of ether oxygens (including phenoxy) is 2. The number of anilines is 1. The summed E-state index contributed by atoms with van der Waals surface area (Å²) in [6.45, 7) is 6.18. The van der Waals surface area contributed by atoms with Crippen LogP contribution in [0.2, 0.25) is 0 Å². The van der Waals surface area contributed by atoms with Gasteiger partial charge in [-0.15, -0.1) is 0 Å². The minimum absolute atomic E-state index is 0.0399. The zero-order valence-corrected chi connectivity index (χ0v) is 16.3.